The molecule has 0 aromatic rings. The maximum Gasteiger partial charge on any atom is 0.306 e. The highest BCUT2D eigenvalue weighted by molar-refractivity contribution is 5.77. The van der Waals surface area contributed by atoms with Crippen LogP contribution in [-0.4, -0.2) is 46.9 Å². The van der Waals surface area contributed by atoms with Gasteiger partial charge in [0.05, 0.1) is 25.2 Å². The molecule has 0 saturated carbocycles. The number of carbonyl (C=O) groups excluding carboxylic acids is 2. The van der Waals surface area contributed by atoms with Crippen LogP contribution in [-0.2, 0) is 14.3 Å². The topological polar surface area (TPSA) is 95.9 Å². The molecule has 0 aliphatic heterocycles. The number of unbranched alkanes of at least 4 members (excludes halogenated alkanes) is 22. The van der Waals surface area contributed by atoms with Gasteiger partial charge in [-0.25, -0.2) is 0 Å². The van der Waals surface area contributed by atoms with Crippen LogP contribution in [0.1, 0.15) is 220 Å². The van der Waals surface area contributed by atoms with Crippen molar-refractivity contribution in [2.75, 3.05) is 6.61 Å². The third-order valence-electron chi connectivity index (χ3n) is 10.9. The van der Waals surface area contributed by atoms with Gasteiger partial charge in [-0.15, -0.1) is 0 Å². The van der Waals surface area contributed by atoms with Gasteiger partial charge in [0, 0.05) is 6.42 Å². The molecule has 3 unspecified atom stereocenters. The SMILES string of the molecule is CC/C=C/C=C/C=C/CCCCCCCC(CC(=O)NC(CO)C(O)CCCCCCCCCCCC)OC(=O)CCCCCCC/C=C/C=C/C=C/C=C/CCCCC. The number of ether oxygens (including phenoxy) is 1. The molecule has 0 rings (SSSR count). The van der Waals surface area contributed by atoms with Gasteiger partial charge in [0.1, 0.15) is 6.10 Å². The van der Waals surface area contributed by atoms with E-state index in [9.17, 15) is 19.8 Å². The van der Waals surface area contributed by atoms with Crippen LogP contribution >= 0.6 is 0 Å². The molecule has 0 aliphatic carbocycles. The van der Waals surface area contributed by atoms with Crippen molar-refractivity contribution in [2.45, 2.75) is 238 Å². The summed E-state index contributed by atoms with van der Waals surface area (Å²) in [6.45, 7) is 6.28. The van der Waals surface area contributed by atoms with E-state index in [1.165, 1.54) is 64.2 Å². The average Bonchev–Trinajstić information content (AvgIpc) is 3.24. The van der Waals surface area contributed by atoms with Gasteiger partial charge < -0.3 is 20.3 Å². The molecule has 0 heterocycles. The molecule has 0 aromatic heterocycles. The minimum atomic E-state index is -0.801. The Balaban J connectivity index is 4.66. The smallest absolute Gasteiger partial charge is 0.306 e. The number of aliphatic hydroxyl groups excluding tert-OH is 2. The summed E-state index contributed by atoms with van der Waals surface area (Å²) >= 11 is 0. The van der Waals surface area contributed by atoms with Crippen molar-refractivity contribution in [3.8, 4) is 0 Å². The Bertz CT molecular complexity index is 1160. The van der Waals surface area contributed by atoms with Gasteiger partial charge in [-0.2, -0.15) is 0 Å². The fraction of sp³-hybridized carbons (Fsp3) is 0.704. The monoisotopic (exact) mass is 836 g/mol. The number of hydrogen-bond acceptors (Lipinski definition) is 5. The van der Waals surface area contributed by atoms with E-state index in [4.69, 9.17) is 4.74 Å². The zero-order valence-electron chi connectivity index (χ0n) is 39.1. The minimum Gasteiger partial charge on any atom is -0.462 e. The van der Waals surface area contributed by atoms with Crippen LogP contribution in [0.25, 0.3) is 0 Å². The van der Waals surface area contributed by atoms with E-state index < -0.39 is 18.2 Å². The van der Waals surface area contributed by atoms with E-state index in [0.29, 0.717) is 19.3 Å². The largest absolute Gasteiger partial charge is 0.462 e. The van der Waals surface area contributed by atoms with E-state index in [2.05, 4.69) is 111 Å². The molecule has 6 nitrogen and oxygen atoms in total. The molecule has 60 heavy (non-hydrogen) atoms. The zero-order chi connectivity index (χ0) is 43.8. The van der Waals surface area contributed by atoms with Gasteiger partial charge in [0.15, 0.2) is 0 Å². The van der Waals surface area contributed by atoms with Crippen molar-refractivity contribution in [2.24, 2.45) is 0 Å². The molecule has 0 saturated heterocycles. The first-order chi connectivity index (χ1) is 29.5. The van der Waals surface area contributed by atoms with Gasteiger partial charge in [-0.3, -0.25) is 9.59 Å². The lowest BCUT2D eigenvalue weighted by Crippen LogP contribution is -2.46. The number of rotatable bonds is 43. The first-order valence-corrected chi connectivity index (χ1v) is 24.9. The molecule has 1 amide bonds. The molecule has 3 N–H and O–H groups in total. The van der Waals surface area contributed by atoms with Crippen LogP contribution in [0.5, 0.6) is 0 Å². The maximum absolute atomic E-state index is 13.2. The van der Waals surface area contributed by atoms with Crippen molar-refractivity contribution in [1.29, 1.82) is 0 Å². The predicted octanol–water partition coefficient (Wildman–Crippen LogP) is 14.8. The lowest BCUT2D eigenvalue weighted by molar-refractivity contribution is -0.151. The van der Waals surface area contributed by atoms with Crippen LogP contribution in [0.15, 0.2) is 85.1 Å². The average molecular weight is 836 g/mol. The summed E-state index contributed by atoms with van der Waals surface area (Å²) in [7, 11) is 0. The molecule has 0 spiro atoms. The Hall–Kier alpha value is -2.96. The summed E-state index contributed by atoms with van der Waals surface area (Å²) < 4.78 is 5.91. The lowest BCUT2D eigenvalue weighted by atomic mass is 10.0. The number of allylic oxidation sites excluding steroid dienone is 14. The van der Waals surface area contributed by atoms with E-state index in [1.807, 2.05) is 0 Å². The summed E-state index contributed by atoms with van der Waals surface area (Å²) in [5, 5.41) is 23.7. The second-order valence-electron chi connectivity index (χ2n) is 16.6. The summed E-state index contributed by atoms with van der Waals surface area (Å²) in [5.74, 6) is -0.527. The summed E-state index contributed by atoms with van der Waals surface area (Å²) in [6.07, 6.45) is 60.6. The summed E-state index contributed by atoms with van der Waals surface area (Å²) in [5.41, 5.74) is 0. The first-order valence-electron chi connectivity index (χ1n) is 24.9. The summed E-state index contributed by atoms with van der Waals surface area (Å²) in [6, 6.07) is -0.716. The van der Waals surface area contributed by atoms with Crippen molar-refractivity contribution < 1.29 is 24.5 Å². The molecule has 6 heteroatoms. The zero-order valence-corrected chi connectivity index (χ0v) is 39.1. The minimum absolute atomic E-state index is 0.0497. The number of amides is 1. The van der Waals surface area contributed by atoms with Gasteiger partial charge >= 0.3 is 5.97 Å². The molecule has 3 atom stereocenters. The maximum atomic E-state index is 13.2. The van der Waals surface area contributed by atoms with Crippen molar-refractivity contribution in [3.63, 3.8) is 0 Å². The quantitative estimate of drug-likeness (QED) is 0.0323. The molecule has 0 aromatic carbocycles. The molecular formula is C54H93NO5. The van der Waals surface area contributed by atoms with Gasteiger partial charge in [-0.1, -0.05) is 221 Å². The molecule has 0 fully saturated rings. The first kappa shape index (κ1) is 57.0. The molecule has 0 aliphatic rings. The Morgan fingerprint density at radius 2 is 0.900 bits per heavy atom. The normalized spacial score (nSPS) is 14.0. The summed E-state index contributed by atoms with van der Waals surface area (Å²) in [4.78, 5) is 26.1. The Morgan fingerprint density at radius 1 is 0.500 bits per heavy atom. The van der Waals surface area contributed by atoms with Crippen LogP contribution < -0.4 is 5.32 Å². The standard InChI is InChI=1S/C54H93NO5/c1-4-7-10-13-16-19-22-24-25-26-27-28-30-32-35-38-41-44-47-54(59)60-50(45-42-39-36-33-31-29-23-20-17-14-11-8-5-2)48-53(58)55-51(49-56)52(57)46-43-40-37-34-21-18-15-12-9-6-3/h8,11,14,16-17,19-20,22-28,50-52,56-57H,4-7,9-10,12-13,15,18,21,29-49H2,1-3H3,(H,55,58)/b11-8+,17-14+,19-16+,23-20+,24-22+,26-25+,28-27+. The molecule has 0 bridgehead atoms. The lowest BCUT2D eigenvalue weighted by Gasteiger charge is -2.24. The highest BCUT2D eigenvalue weighted by Gasteiger charge is 2.24. The van der Waals surface area contributed by atoms with Gasteiger partial charge in [0.25, 0.3) is 0 Å². The molecular weight excluding hydrogens is 743 g/mol. The van der Waals surface area contributed by atoms with Gasteiger partial charge in [0.2, 0.25) is 5.91 Å². The number of nitrogens with one attached hydrogen (secondary N) is 1. The Morgan fingerprint density at radius 3 is 1.40 bits per heavy atom. The molecule has 0 radical (unpaired) electrons. The van der Waals surface area contributed by atoms with E-state index in [0.717, 1.165) is 109 Å². The van der Waals surface area contributed by atoms with E-state index >= 15 is 0 Å². The van der Waals surface area contributed by atoms with Gasteiger partial charge in [-0.05, 0) is 70.6 Å². The van der Waals surface area contributed by atoms with Crippen molar-refractivity contribution in [1.82, 2.24) is 5.32 Å². The van der Waals surface area contributed by atoms with E-state index in [-0.39, 0.29) is 24.9 Å². The highest BCUT2D eigenvalue weighted by Crippen LogP contribution is 2.17. The third kappa shape index (κ3) is 41.8. The fourth-order valence-corrected chi connectivity index (χ4v) is 7.09. The number of hydrogen-bond donors (Lipinski definition) is 3. The number of esters is 1. The van der Waals surface area contributed by atoms with Crippen LogP contribution in [0.3, 0.4) is 0 Å². The predicted molar refractivity (Wildman–Crippen MR) is 259 cm³/mol. The Labute approximate surface area is 370 Å². The second kappa shape index (κ2) is 47.1. The highest BCUT2D eigenvalue weighted by atomic mass is 16.5. The van der Waals surface area contributed by atoms with E-state index in [1.54, 1.807) is 0 Å². The van der Waals surface area contributed by atoms with Crippen LogP contribution in [0, 0.1) is 0 Å². The van der Waals surface area contributed by atoms with Crippen LogP contribution in [0.2, 0.25) is 0 Å². The third-order valence-corrected chi connectivity index (χ3v) is 10.9. The fourth-order valence-electron chi connectivity index (χ4n) is 7.09. The van der Waals surface area contributed by atoms with Crippen molar-refractivity contribution >= 4 is 11.9 Å². The Kier molecular flexibility index (Phi) is 44.8. The second-order valence-corrected chi connectivity index (χ2v) is 16.6. The molecule has 344 valence electrons. The number of carbonyl (C=O) groups is 2. The van der Waals surface area contributed by atoms with Crippen LogP contribution in [0.4, 0.5) is 0 Å². The number of aliphatic hydroxyl groups is 2. The van der Waals surface area contributed by atoms with Crippen molar-refractivity contribution in [3.05, 3.63) is 85.1 Å².